The highest BCUT2D eigenvalue weighted by molar-refractivity contribution is 5.90. The van der Waals surface area contributed by atoms with E-state index in [1.165, 1.54) is 18.7 Å². The fourth-order valence-corrected chi connectivity index (χ4v) is 4.54. The average molecular weight is 469 g/mol. The lowest BCUT2D eigenvalue weighted by molar-refractivity contribution is 0.356. The largest absolute Gasteiger partial charge is 0.493 e. The van der Waals surface area contributed by atoms with E-state index < -0.39 is 0 Å². The quantitative estimate of drug-likeness (QED) is 0.418. The number of nitrogens with zero attached hydrogens (tertiary/aromatic N) is 8. The molecule has 0 spiro atoms. The Morgan fingerprint density at radius 3 is 2.89 bits per heavy atom. The van der Waals surface area contributed by atoms with Crippen LogP contribution in [0.5, 0.6) is 5.75 Å². The summed E-state index contributed by atoms with van der Waals surface area (Å²) in [7, 11) is 3.86. The maximum absolute atomic E-state index is 14.6. The molecular weight excluding hydrogens is 449 g/mol. The second-order valence-corrected chi connectivity index (χ2v) is 8.37. The van der Waals surface area contributed by atoms with Crippen molar-refractivity contribution in [3.8, 4) is 22.9 Å². The third kappa shape index (κ3) is 3.22. The summed E-state index contributed by atoms with van der Waals surface area (Å²) >= 11 is 0. The maximum atomic E-state index is 14.6. The molecule has 174 valence electrons. The van der Waals surface area contributed by atoms with Crippen LogP contribution in [0.4, 0.5) is 16.2 Å². The summed E-state index contributed by atoms with van der Waals surface area (Å²) in [5, 5.41) is 17.3. The minimum atomic E-state index is -0.298. The van der Waals surface area contributed by atoms with Gasteiger partial charge < -0.3 is 15.0 Å². The highest BCUT2D eigenvalue weighted by Gasteiger charge is 2.22. The van der Waals surface area contributed by atoms with Crippen LogP contribution in [0, 0.1) is 17.1 Å². The number of nitrogens with one attached hydrogen (secondary N) is 1. The SMILES string of the molecule is CN(C)c1ccc(-c2cnc(NCc3c(F)ccc4c3CCO4)n3cnc(C#N)c23)c2ncnn12. The number of rotatable bonds is 5. The Morgan fingerprint density at radius 2 is 2.06 bits per heavy atom. The van der Waals surface area contributed by atoms with Gasteiger partial charge in [0.1, 0.15) is 36.1 Å². The topological polar surface area (TPSA) is 109 Å². The zero-order valence-electron chi connectivity index (χ0n) is 19.0. The van der Waals surface area contributed by atoms with Crippen molar-refractivity contribution in [3.63, 3.8) is 0 Å². The molecule has 0 fully saturated rings. The van der Waals surface area contributed by atoms with Crippen LogP contribution in [0.2, 0.25) is 0 Å². The minimum absolute atomic E-state index is 0.214. The van der Waals surface area contributed by atoms with Crippen molar-refractivity contribution in [2.24, 2.45) is 0 Å². The monoisotopic (exact) mass is 469 g/mol. The molecule has 5 heterocycles. The van der Waals surface area contributed by atoms with E-state index in [2.05, 4.69) is 31.4 Å². The van der Waals surface area contributed by atoms with Crippen molar-refractivity contribution < 1.29 is 9.13 Å². The van der Waals surface area contributed by atoms with Gasteiger partial charge in [-0.2, -0.15) is 14.9 Å². The lowest BCUT2D eigenvalue weighted by Crippen LogP contribution is -2.14. The Balaban J connectivity index is 1.45. The van der Waals surface area contributed by atoms with Crippen LogP contribution in [0.15, 0.2) is 43.1 Å². The molecule has 0 bridgehead atoms. The van der Waals surface area contributed by atoms with Crippen molar-refractivity contribution in [1.82, 2.24) is 29.0 Å². The molecule has 5 aromatic rings. The number of imidazole rings is 1. The lowest BCUT2D eigenvalue weighted by Gasteiger charge is -2.16. The number of pyridine rings is 1. The summed E-state index contributed by atoms with van der Waals surface area (Å²) in [6.45, 7) is 0.756. The normalized spacial score (nSPS) is 12.5. The summed E-state index contributed by atoms with van der Waals surface area (Å²) in [6.07, 6.45) is 5.36. The molecule has 6 rings (SSSR count). The molecule has 4 aromatic heterocycles. The smallest absolute Gasteiger partial charge is 0.209 e. The van der Waals surface area contributed by atoms with Gasteiger partial charge in [-0.1, -0.05) is 0 Å². The molecule has 0 unspecified atom stereocenters. The van der Waals surface area contributed by atoms with Gasteiger partial charge in [0.2, 0.25) is 5.95 Å². The molecule has 10 nitrogen and oxygen atoms in total. The van der Waals surface area contributed by atoms with E-state index in [0.29, 0.717) is 47.0 Å². The first-order chi connectivity index (χ1) is 17.1. The number of anilines is 2. The van der Waals surface area contributed by atoms with Crippen LogP contribution in [-0.2, 0) is 13.0 Å². The number of halogens is 1. The lowest BCUT2D eigenvalue weighted by atomic mass is 10.0. The molecule has 1 aliphatic heterocycles. The van der Waals surface area contributed by atoms with Gasteiger partial charge in [0.15, 0.2) is 11.3 Å². The van der Waals surface area contributed by atoms with Crippen LogP contribution < -0.4 is 15.0 Å². The van der Waals surface area contributed by atoms with Crippen LogP contribution >= 0.6 is 0 Å². The molecule has 1 aliphatic rings. The van der Waals surface area contributed by atoms with Crippen molar-refractivity contribution in [2.75, 3.05) is 30.9 Å². The molecule has 0 saturated heterocycles. The Kier molecular flexibility index (Phi) is 4.74. The first-order valence-electron chi connectivity index (χ1n) is 11.0. The van der Waals surface area contributed by atoms with E-state index in [1.54, 1.807) is 21.2 Å². The van der Waals surface area contributed by atoms with Crippen molar-refractivity contribution in [2.45, 2.75) is 13.0 Å². The summed E-state index contributed by atoms with van der Waals surface area (Å²) in [6, 6.07) is 9.10. The van der Waals surface area contributed by atoms with Gasteiger partial charge in [-0.25, -0.2) is 19.3 Å². The number of nitriles is 1. The minimum Gasteiger partial charge on any atom is -0.493 e. The Hall–Kier alpha value is -4.72. The molecular formula is C24H20FN9O. The Morgan fingerprint density at radius 1 is 1.17 bits per heavy atom. The summed E-state index contributed by atoms with van der Waals surface area (Å²) in [5.74, 6) is 1.72. The predicted octanol–water partition coefficient (Wildman–Crippen LogP) is 3.06. The van der Waals surface area contributed by atoms with Gasteiger partial charge in [0, 0.05) is 55.5 Å². The van der Waals surface area contributed by atoms with Gasteiger partial charge in [-0.3, -0.25) is 4.40 Å². The molecule has 35 heavy (non-hydrogen) atoms. The van der Waals surface area contributed by atoms with E-state index >= 15 is 0 Å². The van der Waals surface area contributed by atoms with Crippen molar-refractivity contribution in [3.05, 3.63) is 65.8 Å². The maximum Gasteiger partial charge on any atom is 0.209 e. The second-order valence-electron chi connectivity index (χ2n) is 8.37. The zero-order chi connectivity index (χ0) is 24.1. The van der Waals surface area contributed by atoms with E-state index in [4.69, 9.17) is 4.74 Å². The summed E-state index contributed by atoms with van der Waals surface area (Å²) in [4.78, 5) is 15.3. The molecule has 0 amide bonds. The van der Waals surface area contributed by atoms with Crippen LogP contribution in [0.3, 0.4) is 0 Å². The third-order valence-corrected chi connectivity index (χ3v) is 6.19. The predicted molar refractivity (Wildman–Crippen MR) is 127 cm³/mol. The van der Waals surface area contributed by atoms with Crippen molar-refractivity contribution in [1.29, 1.82) is 5.26 Å². The number of hydrogen-bond donors (Lipinski definition) is 1. The average Bonchev–Trinajstić information content (AvgIpc) is 3.62. The van der Waals surface area contributed by atoms with Crippen LogP contribution in [-0.4, -0.2) is 49.7 Å². The molecule has 1 N–H and O–H groups in total. The highest BCUT2D eigenvalue weighted by atomic mass is 19.1. The highest BCUT2D eigenvalue weighted by Crippen LogP contribution is 2.33. The Bertz CT molecular complexity index is 1650. The fourth-order valence-electron chi connectivity index (χ4n) is 4.54. The van der Waals surface area contributed by atoms with E-state index in [-0.39, 0.29) is 18.1 Å². The molecule has 0 radical (unpaired) electrons. The molecule has 1 aromatic carbocycles. The molecule has 11 heteroatoms. The van der Waals surface area contributed by atoms with Gasteiger partial charge in [-0.15, -0.1) is 0 Å². The zero-order valence-corrected chi connectivity index (χ0v) is 19.0. The van der Waals surface area contributed by atoms with Gasteiger partial charge in [0.25, 0.3) is 0 Å². The molecule has 0 aliphatic carbocycles. The van der Waals surface area contributed by atoms with Gasteiger partial charge >= 0.3 is 0 Å². The van der Waals surface area contributed by atoms with Crippen LogP contribution in [0.1, 0.15) is 16.8 Å². The number of benzene rings is 1. The Labute approximate surface area is 199 Å². The first kappa shape index (κ1) is 20.9. The number of aromatic nitrogens is 6. The summed E-state index contributed by atoms with van der Waals surface area (Å²) < 4.78 is 23.6. The van der Waals surface area contributed by atoms with Gasteiger partial charge in [0.05, 0.1) is 12.1 Å². The number of hydrogen-bond acceptors (Lipinski definition) is 8. The van der Waals surface area contributed by atoms with Crippen LogP contribution in [0.25, 0.3) is 22.3 Å². The van der Waals surface area contributed by atoms with E-state index in [1.807, 2.05) is 31.1 Å². The van der Waals surface area contributed by atoms with E-state index in [0.717, 1.165) is 16.9 Å². The van der Waals surface area contributed by atoms with Crippen molar-refractivity contribution >= 4 is 22.9 Å². The molecule has 0 saturated carbocycles. The fraction of sp³-hybridized carbons (Fsp3) is 0.208. The first-order valence-corrected chi connectivity index (χ1v) is 11.0. The standard InChI is InChI=1S/C24H20FN9O/c1-32(2)21-6-3-15(23-29-12-31-34(21)23)17-11-28-24(33-13-30-19(9-26)22(17)33)27-10-16-14-7-8-35-20(14)5-4-18(16)25/h3-6,11-13H,7-8,10H2,1-2H3,(H,27,28). The second kappa shape index (κ2) is 7.95. The molecule has 0 atom stereocenters. The summed E-state index contributed by atoms with van der Waals surface area (Å²) in [5.41, 5.74) is 4.32. The third-order valence-electron chi connectivity index (χ3n) is 6.19. The van der Waals surface area contributed by atoms with Gasteiger partial charge in [-0.05, 0) is 24.3 Å². The number of ether oxygens (including phenoxy) is 1. The van der Waals surface area contributed by atoms with E-state index in [9.17, 15) is 9.65 Å². The number of fused-ring (bicyclic) bond motifs is 3.